The number of halogens is 1. The van der Waals surface area contributed by atoms with Crippen molar-refractivity contribution in [3.05, 3.63) is 34.9 Å². The molecule has 0 radical (unpaired) electrons. The molecule has 27 heavy (non-hydrogen) atoms. The lowest BCUT2D eigenvalue weighted by atomic mass is 9.41. The normalized spacial score (nSPS) is 48.3. The molecule has 146 valence electrons. The number of rotatable bonds is 4. The Morgan fingerprint density at radius 1 is 0.926 bits per heavy atom. The molecule has 1 aromatic rings. The Labute approximate surface area is 169 Å². The van der Waals surface area contributed by atoms with E-state index < -0.39 is 0 Å². The summed E-state index contributed by atoms with van der Waals surface area (Å²) in [4.78, 5) is 0. The number of hydrogen-bond donors (Lipinski definition) is 1. The van der Waals surface area contributed by atoms with Crippen LogP contribution in [0.2, 0.25) is 5.02 Å². The third-order valence-corrected chi connectivity index (χ3v) is 9.94. The van der Waals surface area contributed by atoms with Crippen molar-refractivity contribution in [2.75, 3.05) is 0 Å². The highest BCUT2D eigenvalue weighted by Gasteiger charge is 2.60. The topological polar surface area (TPSA) is 12.0 Å². The van der Waals surface area contributed by atoms with Crippen molar-refractivity contribution in [1.82, 2.24) is 5.32 Å². The van der Waals surface area contributed by atoms with Crippen LogP contribution in [0.3, 0.4) is 0 Å². The summed E-state index contributed by atoms with van der Waals surface area (Å²) in [6, 6.07) is 10.4. The first-order chi connectivity index (χ1) is 13.0. The third kappa shape index (κ3) is 2.67. The molecule has 1 N–H and O–H groups in total. The van der Waals surface area contributed by atoms with E-state index in [0.29, 0.717) is 16.9 Å². The quantitative estimate of drug-likeness (QED) is 0.639. The highest BCUT2D eigenvalue weighted by Crippen LogP contribution is 2.67. The van der Waals surface area contributed by atoms with Gasteiger partial charge in [0.25, 0.3) is 0 Å². The average molecular weight is 384 g/mol. The molecular weight excluding hydrogens is 350 g/mol. The Morgan fingerprint density at radius 2 is 1.67 bits per heavy atom. The molecule has 6 aliphatic rings. The zero-order chi connectivity index (χ0) is 18.2. The van der Waals surface area contributed by atoms with Crippen LogP contribution < -0.4 is 5.32 Å². The predicted octanol–water partition coefficient (Wildman–Crippen LogP) is 6.34. The molecule has 1 aromatic carbocycles. The van der Waals surface area contributed by atoms with Crippen molar-refractivity contribution < 1.29 is 0 Å². The average Bonchev–Trinajstić information content (AvgIpc) is 3.24. The molecule has 6 bridgehead atoms. The minimum absolute atomic E-state index is 0.430. The monoisotopic (exact) mass is 383 g/mol. The third-order valence-electron chi connectivity index (χ3n) is 9.68. The standard InChI is InChI=1S/C25H34ClN/c1-16(27-23-10-17-2-3-20(23)9-17)24-11-18-8-19(12-24)14-25(13-18,15-24)21-4-6-22(26)7-5-21/h4-7,16-20,23,27H,2-3,8-15H2,1H3/t16-,17+,18-,19-,20+,23-,24?,25?/m1/s1. The van der Waals surface area contributed by atoms with E-state index in [4.69, 9.17) is 11.6 Å². The molecule has 6 aliphatic carbocycles. The molecule has 1 nitrogen and oxygen atoms in total. The van der Waals surface area contributed by atoms with Gasteiger partial charge in [-0.15, -0.1) is 0 Å². The first kappa shape index (κ1) is 17.3. The Balaban J connectivity index is 1.28. The number of fused-ring (bicyclic) bond motifs is 2. The van der Waals surface area contributed by atoms with Crippen molar-refractivity contribution in [2.24, 2.45) is 29.1 Å². The highest BCUT2D eigenvalue weighted by atomic mass is 35.5. The first-order valence-electron chi connectivity index (χ1n) is 11.6. The molecule has 6 atom stereocenters. The van der Waals surface area contributed by atoms with Gasteiger partial charge in [-0.2, -0.15) is 0 Å². The molecule has 6 fully saturated rings. The second-order valence-electron chi connectivity index (χ2n) is 11.3. The summed E-state index contributed by atoms with van der Waals surface area (Å²) >= 11 is 6.21. The predicted molar refractivity (Wildman–Crippen MR) is 112 cm³/mol. The van der Waals surface area contributed by atoms with E-state index in [2.05, 4.69) is 36.5 Å². The van der Waals surface area contributed by atoms with E-state index in [1.54, 1.807) is 5.56 Å². The summed E-state index contributed by atoms with van der Waals surface area (Å²) in [5.74, 6) is 3.92. The van der Waals surface area contributed by atoms with E-state index in [1.807, 2.05) is 0 Å². The molecule has 0 saturated heterocycles. The fourth-order valence-corrected chi connectivity index (χ4v) is 9.05. The summed E-state index contributed by atoms with van der Waals surface area (Å²) in [5.41, 5.74) is 2.54. The van der Waals surface area contributed by atoms with Crippen LogP contribution in [0.5, 0.6) is 0 Å². The molecule has 0 spiro atoms. The first-order valence-corrected chi connectivity index (χ1v) is 11.9. The molecular formula is C25H34ClN. The lowest BCUT2D eigenvalue weighted by molar-refractivity contribution is -0.0903. The van der Waals surface area contributed by atoms with Crippen LogP contribution in [0, 0.1) is 29.1 Å². The summed E-state index contributed by atoms with van der Waals surface area (Å²) < 4.78 is 0. The second-order valence-corrected chi connectivity index (χ2v) is 11.7. The fourth-order valence-electron chi connectivity index (χ4n) is 8.93. The van der Waals surface area contributed by atoms with Crippen LogP contribution in [0.15, 0.2) is 24.3 Å². The number of benzene rings is 1. The highest BCUT2D eigenvalue weighted by molar-refractivity contribution is 6.30. The van der Waals surface area contributed by atoms with Crippen LogP contribution in [-0.2, 0) is 5.41 Å². The Kier molecular flexibility index (Phi) is 3.84. The van der Waals surface area contributed by atoms with Crippen molar-refractivity contribution in [3.63, 3.8) is 0 Å². The molecule has 0 heterocycles. The van der Waals surface area contributed by atoms with Gasteiger partial charge in [0.15, 0.2) is 0 Å². The lowest BCUT2D eigenvalue weighted by Crippen LogP contribution is -2.61. The summed E-state index contributed by atoms with van der Waals surface area (Å²) in [6.45, 7) is 2.55. The van der Waals surface area contributed by atoms with Crippen LogP contribution in [-0.4, -0.2) is 12.1 Å². The number of hydrogen-bond acceptors (Lipinski definition) is 1. The van der Waals surface area contributed by atoms with Gasteiger partial charge in [0.1, 0.15) is 0 Å². The van der Waals surface area contributed by atoms with E-state index in [-0.39, 0.29) is 0 Å². The van der Waals surface area contributed by atoms with E-state index in [1.165, 1.54) is 64.2 Å². The van der Waals surface area contributed by atoms with Gasteiger partial charge in [0.05, 0.1) is 0 Å². The minimum atomic E-state index is 0.430. The maximum Gasteiger partial charge on any atom is 0.0406 e. The summed E-state index contributed by atoms with van der Waals surface area (Å²) in [5, 5.41) is 5.10. The Bertz CT molecular complexity index is 710. The van der Waals surface area contributed by atoms with E-state index in [9.17, 15) is 0 Å². The van der Waals surface area contributed by atoms with Gasteiger partial charge in [-0.25, -0.2) is 0 Å². The van der Waals surface area contributed by atoms with Crippen molar-refractivity contribution >= 4 is 11.6 Å². The SMILES string of the molecule is C[C@@H](N[C@@H]1C[C@H]2CC[C@H]1C2)C12C[C@H]3C[C@@H](CC(c4ccc(Cl)cc4)(C3)C1)C2. The van der Waals surface area contributed by atoms with Crippen molar-refractivity contribution in [3.8, 4) is 0 Å². The summed E-state index contributed by atoms with van der Waals surface area (Å²) in [6.07, 6.45) is 14.7. The second kappa shape index (κ2) is 5.99. The Hall–Kier alpha value is -0.530. The molecule has 7 rings (SSSR count). The maximum atomic E-state index is 6.21. The smallest absolute Gasteiger partial charge is 0.0406 e. The molecule has 0 amide bonds. The van der Waals surface area contributed by atoms with Gasteiger partial charge in [0, 0.05) is 17.1 Å². The maximum absolute atomic E-state index is 6.21. The fraction of sp³-hybridized carbons (Fsp3) is 0.760. The van der Waals surface area contributed by atoms with E-state index >= 15 is 0 Å². The van der Waals surface area contributed by atoms with Crippen molar-refractivity contribution in [1.29, 1.82) is 0 Å². The van der Waals surface area contributed by atoms with Crippen LogP contribution in [0.25, 0.3) is 0 Å². The van der Waals surface area contributed by atoms with Gasteiger partial charge in [-0.3, -0.25) is 0 Å². The zero-order valence-electron chi connectivity index (χ0n) is 16.7. The number of nitrogens with one attached hydrogen (secondary N) is 1. The van der Waals surface area contributed by atoms with Gasteiger partial charge in [0.2, 0.25) is 0 Å². The molecule has 0 unspecified atom stereocenters. The lowest BCUT2D eigenvalue weighted by Gasteiger charge is -2.64. The van der Waals surface area contributed by atoms with Crippen LogP contribution in [0.1, 0.15) is 76.7 Å². The van der Waals surface area contributed by atoms with E-state index in [0.717, 1.165) is 34.7 Å². The molecule has 6 saturated carbocycles. The molecule has 2 heteroatoms. The summed E-state index contributed by atoms with van der Waals surface area (Å²) in [7, 11) is 0. The Morgan fingerprint density at radius 3 is 2.30 bits per heavy atom. The van der Waals surface area contributed by atoms with Gasteiger partial charge in [-0.05, 0) is 117 Å². The van der Waals surface area contributed by atoms with Gasteiger partial charge in [-0.1, -0.05) is 30.2 Å². The molecule has 0 aromatic heterocycles. The van der Waals surface area contributed by atoms with Crippen LogP contribution >= 0.6 is 11.6 Å². The zero-order valence-corrected chi connectivity index (χ0v) is 17.5. The van der Waals surface area contributed by atoms with Crippen molar-refractivity contribution in [2.45, 2.75) is 88.6 Å². The van der Waals surface area contributed by atoms with Gasteiger partial charge >= 0.3 is 0 Å². The van der Waals surface area contributed by atoms with Crippen LogP contribution in [0.4, 0.5) is 0 Å². The van der Waals surface area contributed by atoms with Gasteiger partial charge < -0.3 is 5.32 Å². The minimum Gasteiger partial charge on any atom is -0.311 e. The largest absolute Gasteiger partial charge is 0.311 e. The molecule has 0 aliphatic heterocycles.